The van der Waals surface area contributed by atoms with E-state index in [1.54, 1.807) is 36.4 Å². The highest BCUT2D eigenvalue weighted by Gasteiger charge is 2.40. The van der Waals surface area contributed by atoms with Crippen molar-refractivity contribution in [2.24, 2.45) is 0 Å². The van der Waals surface area contributed by atoms with E-state index in [1.807, 2.05) is 22.6 Å². The van der Waals surface area contributed by atoms with Crippen LogP contribution >= 0.6 is 22.6 Å². The fraction of sp³-hybridized carbons (Fsp3) is 0.167. The molecule has 2 aliphatic heterocycles. The fourth-order valence-corrected chi connectivity index (χ4v) is 3.42. The number of hydrogen-bond acceptors (Lipinski definition) is 4. The maximum absolute atomic E-state index is 13.8. The molecule has 6 nitrogen and oxygen atoms in total. The summed E-state index contributed by atoms with van der Waals surface area (Å²) in [7, 11) is 0. The minimum absolute atomic E-state index is 0.0402. The van der Waals surface area contributed by atoms with Crippen molar-refractivity contribution in [3.63, 3.8) is 0 Å². The third-order valence-electron chi connectivity index (χ3n) is 4.35. The van der Waals surface area contributed by atoms with E-state index in [2.05, 4.69) is 0 Å². The molecule has 1 fully saturated rings. The highest BCUT2D eigenvalue weighted by molar-refractivity contribution is 14.1. The average molecular weight is 466 g/mol. The van der Waals surface area contributed by atoms with Gasteiger partial charge in [0.15, 0.2) is 0 Å². The van der Waals surface area contributed by atoms with E-state index in [0.29, 0.717) is 20.4 Å². The largest absolute Gasteiger partial charge is 0.442 e. The normalized spacial score (nSPS) is 19.2. The monoisotopic (exact) mass is 466 g/mol. The Labute approximate surface area is 161 Å². The average Bonchev–Trinajstić information content (AvgIpc) is 3.11. The first kappa shape index (κ1) is 17.0. The van der Waals surface area contributed by atoms with Crippen LogP contribution in [-0.2, 0) is 4.74 Å². The molecule has 0 radical (unpaired) electrons. The number of rotatable bonds is 3. The van der Waals surface area contributed by atoms with Gasteiger partial charge in [0.1, 0.15) is 11.9 Å². The molecule has 0 aromatic heterocycles. The number of anilines is 1. The van der Waals surface area contributed by atoms with E-state index in [9.17, 15) is 18.8 Å². The van der Waals surface area contributed by atoms with Crippen molar-refractivity contribution in [1.82, 2.24) is 4.90 Å². The first-order chi connectivity index (χ1) is 12.5. The van der Waals surface area contributed by atoms with Crippen molar-refractivity contribution < 1.29 is 23.5 Å². The Morgan fingerprint density at radius 3 is 2.35 bits per heavy atom. The van der Waals surface area contributed by atoms with Gasteiger partial charge in [0.2, 0.25) is 0 Å². The van der Waals surface area contributed by atoms with Gasteiger partial charge in [0.25, 0.3) is 11.8 Å². The number of hydrogen-bond donors (Lipinski definition) is 0. The first-order valence-corrected chi connectivity index (χ1v) is 8.92. The molecular weight excluding hydrogens is 454 g/mol. The van der Waals surface area contributed by atoms with E-state index < -0.39 is 29.8 Å². The van der Waals surface area contributed by atoms with E-state index >= 15 is 0 Å². The lowest BCUT2D eigenvalue weighted by atomic mass is 10.1. The molecule has 8 heteroatoms. The molecule has 0 aliphatic carbocycles. The van der Waals surface area contributed by atoms with Crippen LogP contribution in [0.25, 0.3) is 0 Å². The van der Waals surface area contributed by atoms with E-state index in [0.717, 1.165) is 4.90 Å². The predicted molar refractivity (Wildman–Crippen MR) is 98.5 cm³/mol. The molecule has 1 unspecified atom stereocenters. The SMILES string of the molecule is O=C1c2ccccc2C(=O)N1CC1CN(c2ccc(I)c(F)c2)C(=O)O1. The van der Waals surface area contributed by atoms with Gasteiger partial charge in [-0.2, -0.15) is 0 Å². The van der Waals surface area contributed by atoms with Crippen LogP contribution < -0.4 is 4.90 Å². The minimum Gasteiger partial charge on any atom is -0.442 e. The number of fused-ring (bicyclic) bond motifs is 1. The Hall–Kier alpha value is -2.49. The van der Waals surface area contributed by atoms with Crippen LogP contribution in [0.4, 0.5) is 14.9 Å². The van der Waals surface area contributed by atoms with Crippen LogP contribution in [0.2, 0.25) is 0 Å². The summed E-state index contributed by atoms with van der Waals surface area (Å²) in [6.45, 7) is 0.0910. The van der Waals surface area contributed by atoms with Crippen molar-refractivity contribution in [2.75, 3.05) is 18.0 Å². The molecule has 2 aliphatic rings. The molecule has 1 atom stereocenters. The van der Waals surface area contributed by atoms with Gasteiger partial charge in [0, 0.05) is 3.57 Å². The fourth-order valence-electron chi connectivity index (χ4n) is 3.09. The van der Waals surface area contributed by atoms with Gasteiger partial charge in [-0.25, -0.2) is 9.18 Å². The third kappa shape index (κ3) is 2.74. The Morgan fingerprint density at radius 1 is 1.08 bits per heavy atom. The molecular formula is C18H12FIN2O4. The number of imide groups is 1. The van der Waals surface area contributed by atoms with Crippen LogP contribution in [0.1, 0.15) is 20.7 Å². The van der Waals surface area contributed by atoms with Gasteiger partial charge >= 0.3 is 6.09 Å². The van der Waals surface area contributed by atoms with Crippen molar-refractivity contribution in [3.8, 4) is 0 Å². The molecule has 2 aromatic rings. The lowest BCUT2D eigenvalue weighted by Crippen LogP contribution is -2.38. The van der Waals surface area contributed by atoms with Crippen molar-refractivity contribution >= 4 is 46.2 Å². The number of carbonyl (C=O) groups is 3. The Morgan fingerprint density at radius 2 is 1.73 bits per heavy atom. The van der Waals surface area contributed by atoms with Crippen LogP contribution in [-0.4, -0.2) is 42.0 Å². The summed E-state index contributed by atoms with van der Waals surface area (Å²) < 4.78 is 19.5. The number of nitrogens with zero attached hydrogens (tertiary/aromatic N) is 2. The zero-order valence-corrected chi connectivity index (χ0v) is 15.5. The molecule has 1 saturated heterocycles. The van der Waals surface area contributed by atoms with Crippen molar-refractivity contribution in [1.29, 1.82) is 0 Å². The molecule has 3 amide bonds. The Balaban J connectivity index is 1.51. The summed E-state index contributed by atoms with van der Waals surface area (Å²) in [5.74, 6) is -1.24. The van der Waals surface area contributed by atoms with E-state index in [4.69, 9.17) is 4.74 Å². The number of halogens is 2. The zero-order valence-electron chi connectivity index (χ0n) is 13.3. The molecule has 2 aromatic carbocycles. The van der Waals surface area contributed by atoms with Gasteiger partial charge < -0.3 is 4.74 Å². The lowest BCUT2D eigenvalue weighted by Gasteiger charge is -2.17. The van der Waals surface area contributed by atoms with Crippen molar-refractivity contribution in [3.05, 3.63) is 63.0 Å². The van der Waals surface area contributed by atoms with Crippen LogP contribution in [0.15, 0.2) is 42.5 Å². The quantitative estimate of drug-likeness (QED) is 0.516. The van der Waals surface area contributed by atoms with Crippen LogP contribution in [0.5, 0.6) is 0 Å². The number of carbonyl (C=O) groups excluding carboxylic acids is 3. The third-order valence-corrected chi connectivity index (χ3v) is 5.23. The van der Waals surface area contributed by atoms with Gasteiger partial charge in [-0.15, -0.1) is 0 Å². The first-order valence-electron chi connectivity index (χ1n) is 7.84. The number of amides is 3. The van der Waals surface area contributed by atoms with Gasteiger partial charge in [-0.3, -0.25) is 19.4 Å². The zero-order chi connectivity index (χ0) is 18.4. The topological polar surface area (TPSA) is 66.9 Å². The van der Waals surface area contributed by atoms with Gasteiger partial charge in [-0.1, -0.05) is 12.1 Å². The molecule has 2 heterocycles. The molecule has 132 valence electrons. The summed E-state index contributed by atoms with van der Waals surface area (Å²) in [4.78, 5) is 39.3. The number of benzene rings is 2. The second kappa shape index (κ2) is 6.35. The smallest absolute Gasteiger partial charge is 0.414 e. The second-order valence-corrected chi connectivity index (χ2v) is 7.14. The highest BCUT2D eigenvalue weighted by Crippen LogP contribution is 2.27. The number of cyclic esters (lactones) is 1. The van der Waals surface area contributed by atoms with Crippen LogP contribution in [0.3, 0.4) is 0 Å². The minimum atomic E-state index is -0.674. The summed E-state index contributed by atoms with van der Waals surface area (Å²) in [6, 6.07) is 11.0. The maximum atomic E-state index is 13.8. The van der Waals surface area contributed by atoms with E-state index in [1.165, 1.54) is 11.0 Å². The van der Waals surface area contributed by atoms with Gasteiger partial charge in [0.05, 0.1) is 29.9 Å². The Bertz CT molecular complexity index is 914. The predicted octanol–water partition coefficient (Wildman–Crippen LogP) is 3.05. The molecule has 0 saturated carbocycles. The lowest BCUT2D eigenvalue weighted by molar-refractivity contribution is 0.0558. The van der Waals surface area contributed by atoms with Crippen molar-refractivity contribution in [2.45, 2.75) is 6.10 Å². The molecule has 0 spiro atoms. The molecule has 4 rings (SSSR count). The molecule has 0 N–H and O–H groups in total. The summed E-state index contributed by atoms with van der Waals surface area (Å²) in [6.07, 6.45) is -1.31. The maximum Gasteiger partial charge on any atom is 0.414 e. The van der Waals surface area contributed by atoms with Crippen LogP contribution in [0, 0.1) is 9.39 Å². The summed E-state index contributed by atoms with van der Waals surface area (Å²) in [5.41, 5.74) is 1.06. The standard InChI is InChI=1S/C18H12FIN2O4/c19-14-7-10(5-6-15(14)20)21-8-11(26-18(21)25)9-22-16(23)12-3-1-2-4-13(12)17(22)24/h1-7,11H,8-9H2. The summed E-state index contributed by atoms with van der Waals surface area (Å²) >= 11 is 1.86. The Kier molecular flexibility index (Phi) is 4.14. The van der Waals surface area contributed by atoms with Gasteiger partial charge in [-0.05, 0) is 52.9 Å². The molecule has 26 heavy (non-hydrogen) atoms. The molecule has 0 bridgehead atoms. The summed E-state index contributed by atoms with van der Waals surface area (Å²) in [5, 5.41) is 0. The second-order valence-electron chi connectivity index (χ2n) is 5.98. The van der Waals surface area contributed by atoms with E-state index in [-0.39, 0.29) is 13.1 Å². The number of ether oxygens (including phenoxy) is 1. The highest BCUT2D eigenvalue weighted by atomic mass is 127.